The number of hydrogen-bond acceptors (Lipinski definition) is 6. The van der Waals surface area contributed by atoms with Crippen molar-refractivity contribution in [1.29, 1.82) is 0 Å². The van der Waals surface area contributed by atoms with Crippen LogP contribution in [0.15, 0.2) is 0 Å². The van der Waals surface area contributed by atoms with E-state index in [9.17, 15) is 19.2 Å². The van der Waals surface area contributed by atoms with Gasteiger partial charge in [0.2, 0.25) is 0 Å². The Labute approximate surface area is 148 Å². The van der Waals surface area contributed by atoms with Gasteiger partial charge in [-0.1, -0.05) is 0 Å². The van der Waals surface area contributed by atoms with Crippen molar-refractivity contribution in [3.8, 4) is 0 Å². The molecule has 2 unspecified atom stereocenters. The molecule has 2 aliphatic rings. The molecule has 0 spiro atoms. The molecule has 0 bridgehead atoms. The van der Waals surface area contributed by atoms with E-state index in [1.54, 1.807) is 0 Å². The van der Waals surface area contributed by atoms with Gasteiger partial charge in [0.05, 0.1) is 26.1 Å². The summed E-state index contributed by atoms with van der Waals surface area (Å²) in [5.74, 6) is 0.646. The van der Waals surface area contributed by atoms with E-state index in [0.717, 1.165) is 25.7 Å². The van der Waals surface area contributed by atoms with Crippen LogP contribution in [0.4, 0.5) is 0 Å². The van der Waals surface area contributed by atoms with Crippen molar-refractivity contribution in [1.82, 2.24) is 0 Å². The molecule has 6 nitrogen and oxygen atoms in total. The molecule has 2 fully saturated rings. The molecular formula is C19H28O6. The maximum Gasteiger partial charge on any atom is 0.306 e. The molecule has 2 aliphatic heterocycles. The Kier molecular flexibility index (Phi) is 8.09. The molecule has 0 aromatic carbocycles. The van der Waals surface area contributed by atoms with Crippen LogP contribution < -0.4 is 0 Å². The standard InChI is InChI=1S/C19H28O6/c20-16(6-1-4-14-10-18(22)24-12-14)8-3-9-17(21)7-2-5-15-11-19(23)25-13-15/h14-15H,1-13H2. The Bertz CT molecular complexity index is 454. The Morgan fingerprint density at radius 2 is 1.12 bits per heavy atom. The molecule has 2 saturated heterocycles. The number of cyclic esters (lactones) is 2. The fourth-order valence-electron chi connectivity index (χ4n) is 3.41. The molecule has 0 N–H and O–H groups in total. The first kappa shape index (κ1) is 19.6. The summed E-state index contributed by atoms with van der Waals surface area (Å²) in [5.41, 5.74) is 0. The third kappa shape index (κ3) is 7.80. The zero-order valence-electron chi connectivity index (χ0n) is 14.8. The van der Waals surface area contributed by atoms with E-state index in [0.29, 0.717) is 58.2 Å². The predicted molar refractivity (Wildman–Crippen MR) is 89.7 cm³/mol. The van der Waals surface area contributed by atoms with Crippen LogP contribution in [0.1, 0.15) is 70.6 Å². The number of carbonyl (C=O) groups is 4. The van der Waals surface area contributed by atoms with Crippen molar-refractivity contribution in [3.05, 3.63) is 0 Å². The molecule has 0 aromatic heterocycles. The highest BCUT2D eigenvalue weighted by Gasteiger charge is 2.24. The number of esters is 2. The van der Waals surface area contributed by atoms with Crippen LogP contribution in [-0.2, 0) is 28.7 Å². The molecule has 25 heavy (non-hydrogen) atoms. The summed E-state index contributed by atoms with van der Waals surface area (Å²) in [4.78, 5) is 45.6. The quantitative estimate of drug-likeness (QED) is 0.502. The van der Waals surface area contributed by atoms with Crippen LogP contribution in [-0.4, -0.2) is 36.7 Å². The lowest BCUT2D eigenvalue weighted by Crippen LogP contribution is -2.05. The molecule has 2 heterocycles. The van der Waals surface area contributed by atoms with Gasteiger partial charge in [-0.15, -0.1) is 0 Å². The maximum absolute atomic E-state index is 11.8. The average molecular weight is 352 g/mol. The monoisotopic (exact) mass is 352 g/mol. The zero-order chi connectivity index (χ0) is 18.1. The largest absolute Gasteiger partial charge is 0.465 e. The van der Waals surface area contributed by atoms with E-state index in [1.165, 1.54) is 0 Å². The molecule has 0 amide bonds. The molecular weight excluding hydrogens is 324 g/mol. The summed E-state index contributed by atoms with van der Waals surface area (Å²) in [6, 6.07) is 0. The van der Waals surface area contributed by atoms with Crippen LogP contribution in [0.5, 0.6) is 0 Å². The Morgan fingerprint density at radius 3 is 1.48 bits per heavy atom. The number of ketones is 2. The van der Waals surface area contributed by atoms with E-state index in [4.69, 9.17) is 9.47 Å². The van der Waals surface area contributed by atoms with Crippen LogP contribution in [0.2, 0.25) is 0 Å². The Morgan fingerprint density at radius 1 is 0.720 bits per heavy atom. The van der Waals surface area contributed by atoms with Crippen molar-refractivity contribution in [2.75, 3.05) is 13.2 Å². The highest BCUT2D eigenvalue weighted by Crippen LogP contribution is 2.21. The first-order valence-electron chi connectivity index (χ1n) is 9.37. The first-order chi connectivity index (χ1) is 12.0. The minimum absolute atomic E-state index is 0.137. The molecule has 6 heteroatoms. The number of Topliss-reactive ketones (excluding diaryl/α,β-unsaturated/α-hetero) is 2. The maximum atomic E-state index is 11.8. The Hall–Kier alpha value is -1.72. The SMILES string of the molecule is O=C(CCCC(=O)CCCC1COC(=O)C1)CCCC1COC(=O)C1. The van der Waals surface area contributed by atoms with Gasteiger partial charge >= 0.3 is 11.9 Å². The van der Waals surface area contributed by atoms with Crippen molar-refractivity contribution in [2.24, 2.45) is 11.8 Å². The molecule has 0 aliphatic carbocycles. The molecule has 140 valence electrons. The fourth-order valence-corrected chi connectivity index (χ4v) is 3.41. The molecule has 0 saturated carbocycles. The van der Waals surface area contributed by atoms with Gasteiger partial charge in [-0.05, 0) is 32.1 Å². The van der Waals surface area contributed by atoms with Crippen molar-refractivity contribution in [3.63, 3.8) is 0 Å². The molecule has 2 rings (SSSR count). The summed E-state index contributed by atoms with van der Waals surface area (Å²) >= 11 is 0. The van der Waals surface area contributed by atoms with Crippen molar-refractivity contribution >= 4 is 23.5 Å². The Balaban J connectivity index is 1.43. The lowest BCUT2D eigenvalue weighted by Gasteiger charge is -2.06. The van der Waals surface area contributed by atoms with Gasteiger partial charge in [0.15, 0.2) is 0 Å². The van der Waals surface area contributed by atoms with E-state index in [2.05, 4.69) is 0 Å². The van der Waals surface area contributed by atoms with E-state index < -0.39 is 0 Å². The van der Waals surface area contributed by atoms with E-state index in [-0.39, 0.29) is 35.3 Å². The van der Waals surface area contributed by atoms with Gasteiger partial charge in [-0.2, -0.15) is 0 Å². The second kappa shape index (κ2) is 10.3. The van der Waals surface area contributed by atoms with Gasteiger partial charge < -0.3 is 9.47 Å². The number of rotatable bonds is 12. The van der Waals surface area contributed by atoms with Crippen molar-refractivity contribution in [2.45, 2.75) is 70.6 Å². The number of hydrogen-bond donors (Lipinski definition) is 0. The zero-order valence-corrected chi connectivity index (χ0v) is 14.8. The smallest absolute Gasteiger partial charge is 0.306 e. The van der Waals surface area contributed by atoms with Gasteiger partial charge in [0.1, 0.15) is 11.6 Å². The lowest BCUT2D eigenvalue weighted by atomic mass is 9.97. The number of ether oxygens (including phenoxy) is 2. The third-order valence-electron chi connectivity index (χ3n) is 4.92. The second-order valence-corrected chi connectivity index (χ2v) is 7.22. The average Bonchev–Trinajstić information content (AvgIpc) is 3.16. The molecule has 0 radical (unpaired) electrons. The molecule has 2 atom stereocenters. The summed E-state index contributed by atoms with van der Waals surface area (Å²) in [6.07, 6.45) is 6.80. The van der Waals surface area contributed by atoms with E-state index >= 15 is 0 Å². The minimum Gasteiger partial charge on any atom is -0.465 e. The summed E-state index contributed by atoms with van der Waals surface area (Å²) < 4.78 is 9.80. The first-order valence-corrected chi connectivity index (χ1v) is 9.37. The summed E-state index contributed by atoms with van der Waals surface area (Å²) in [7, 11) is 0. The van der Waals surface area contributed by atoms with Gasteiger partial charge in [0, 0.05) is 37.5 Å². The fraction of sp³-hybridized carbons (Fsp3) is 0.789. The highest BCUT2D eigenvalue weighted by molar-refractivity contribution is 5.81. The van der Waals surface area contributed by atoms with Gasteiger partial charge in [-0.25, -0.2) is 0 Å². The van der Waals surface area contributed by atoms with Crippen LogP contribution >= 0.6 is 0 Å². The number of carbonyl (C=O) groups excluding carboxylic acids is 4. The predicted octanol–water partition coefficient (Wildman–Crippen LogP) is 2.76. The van der Waals surface area contributed by atoms with E-state index in [1.807, 2.05) is 0 Å². The lowest BCUT2D eigenvalue weighted by molar-refractivity contribution is -0.138. The summed E-state index contributed by atoms with van der Waals surface area (Å²) in [5, 5.41) is 0. The van der Waals surface area contributed by atoms with Crippen LogP contribution in [0.25, 0.3) is 0 Å². The summed E-state index contributed by atoms with van der Waals surface area (Å²) in [6.45, 7) is 0.978. The third-order valence-corrected chi connectivity index (χ3v) is 4.92. The van der Waals surface area contributed by atoms with Gasteiger partial charge in [0.25, 0.3) is 0 Å². The van der Waals surface area contributed by atoms with Crippen molar-refractivity contribution < 1.29 is 28.7 Å². The van der Waals surface area contributed by atoms with Crippen LogP contribution in [0, 0.1) is 11.8 Å². The molecule has 0 aromatic rings. The minimum atomic E-state index is -0.137. The highest BCUT2D eigenvalue weighted by atomic mass is 16.5. The second-order valence-electron chi connectivity index (χ2n) is 7.22. The topological polar surface area (TPSA) is 86.7 Å². The normalized spacial score (nSPS) is 22.7. The van der Waals surface area contributed by atoms with Gasteiger partial charge in [-0.3, -0.25) is 19.2 Å². The van der Waals surface area contributed by atoms with Crippen LogP contribution in [0.3, 0.4) is 0 Å².